The molecule has 0 aromatic carbocycles. The van der Waals surface area contributed by atoms with Crippen molar-refractivity contribution < 1.29 is 0 Å². The first-order valence-corrected chi connectivity index (χ1v) is 3.96. The van der Waals surface area contributed by atoms with Crippen LogP contribution in [0, 0.1) is 17.2 Å². The summed E-state index contributed by atoms with van der Waals surface area (Å²) in [6.45, 7) is 1.90. The molecular formula is C11H11N. The summed E-state index contributed by atoms with van der Waals surface area (Å²) in [7, 11) is 0. The maximum absolute atomic E-state index is 8.68. The van der Waals surface area contributed by atoms with Gasteiger partial charge in [-0.25, -0.2) is 0 Å². The summed E-state index contributed by atoms with van der Waals surface area (Å²) >= 11 is 0. The molecule has 1 rings (SSSR count). The van der Waals surface area contributed by atoms with E-state index in [9.17, 15) is 0 Å². The van der Waals surface area contributed by atoms with Crippen LogP contribution in [-0.2, 0) is 0 Å². The van der Waals surface area contributed by atoms with E-state index in [4.69, 9.17) is 5.26 Å². The highest BCUT2D eigenvalue weighted by atomic mass is 14.3. The van der Waals surface area contributed by atoms with Crippen molar-refractivity contribution in [2.45, 2.75) is 6.92 Å². The molecule has 1 aliphatic carbocycles. The van der Waals surface area contributed by atoms with E-state index in [0.717, 1.165) is 5.57 Å². The van der Waals surface area contributed by atoms with Gasteiger partial charge in [0.05, 0.1) is 12.0 Å². The Bertz CT molecular complexity index is 297. The quantitative estimate of drug-likeness (QED) is 0.574. The molecule has 0 saturated carbocycles. The van der Waals surface area contributed by atoms with Crippen molar-refractivity contribution in [3.05, 3.63) is 48.1 Å². The molecule has 1 heteroatoms. The fourth-order valence-electron chi connectivity index (χ4n) is 0.945. The Kier molecular flexibility index (Phi) is 3.10. The fraction of sp³-hybridized carbons (Fsp3) is 0.182. The second-order valence-corrected chi connectivity index (χ2v) is 2.65. The van der Waals surface area contributed by atoms with Gasteiger partial charge in [-0.05, 0) is 12.5 Å². The molecule has 0 aliphatic heterocycles. The molecule has 1 aliphatic rings. The summed E-state index contributed by atoms with van der Waals surface area (Å²) in [5, 5.41) is 8.68. The molecule has 0 bridgehead atoms. The summed E-state index contributed by atoms with van der Waals surface area (Å²) in [5.74, 6) is -0.0302. The lowest BCUT2D eigenvalue weighted by molar-refractivity contribution is 0.908. The summed E-state index contributed by atoms with van der Waals surface area (Å²) in [4.78, 5) is 0. The molecule has 1 nitrogen and oxygen atoms in total. The zero-order valence-electron chi connectivity index (χ0n) is 7.07. The minimum absolute atomic E-state index is 0.0302. The minimum atomic E-state index is -0.0302. The predicted octanol–water partition coefficient (Wildman–Crippen LogP) is 2.75. The van der Waals surface area contributed by atoms with Gasteiger partial charge < -0.3 is 0 Å². The van der Waals surface area contributed by atoms with Crippen molar-refractivity contribution in [1.82, 2.24) is 0 Å². The van der Waals surface area contributed by atoms with E-state index in [2.05, 4.69) is 6.07 Å². The average molecular weight is 157 g/mol. The Hall–Kier alpha value is -1.55. The Morgan fingerprint density at radius 2 is 1.83 bits per heavy atom. The van der Waals surface area contributed by atoms with Gasteiger partial charge in [-0.1, -0.05) is 42.5 Å². The molecule has 12 heavy (non-hydrogen) atoms. The topological polar surface area (TPSA) is 23.8 Å². The molecule has 0 spiro atoms. The molecular weight excluding hydrogens is 146 g/mol. The molecule has 1 unspecified atom stereocenters. The van der Waals surface area contributed by atoms with Gasteiger partial charge in [-0.3, -0.25) is 0 Å². The number of nitrogens with zero attached hydrogens (tertiary/aromatic N) is 1. The van der Waals surface area contributed by atoms with Crippen LogP contribution in [0.4, 0.5) is 0 Å². The molecule has 0 radical (unpaired) electrons. The number of hydrogen-bond acceptors (Lipinski definition) is 1. The van der Waals surface area contributed by atoms with Crippen LogP contribution >= 0.6 is 0 Å². The molecule has 0 N–H and O–H groups in total. The molecule has 0 fully saturated rings. The van der Waals surface area contributed by atoms with E-state index in [1.807, 2.05) is 49.5 Å². The van der Waals surface area contributed by atoms with Crippen molar-refractivity contribution in [2.24, 2.45) is 5.92 Å². The summed E-state index contributed by atoms with van der Waals surface area (Å²) in [5.41, 5.74) is 1.05. The van der Waals surface area contributed by atoms with Crippen molar-refractivity contribution in [3.63, 3.8) is 0 Å². The second-order valence-electron chi connectivity index (χ2n) is 2.65. The minimum Gasteiger partial charge on any atom is -0.198 e. The fourth-order valence-corrected chi connectivity index (χ4v) is 0.945. The van der Waals surface area contributed by atoms with Crippen LogP contribution in [-0.4, -0.2) is 0 Å². The van der Waals surface area contributed by atoms with E-state index in [-0.39, 0.29) is 5.92 Å². The Morgan fingerprint density at radius 1 is 1.17 bits per heavy atom. The van der Waals surface area contributed by atoms with Crippen LogP contribution in [0.15, 0.2) is 48.1 Å². The lowest BCUT2D eigenvalue weighted by atomic mass is 10.0. The summed E-state index contributed by atoms with van der Waals surface area (Å²) < 4.78 is 0. The van der Waals surface area contributed by atoms with E-state index >= 15 is 0 Å². The van der Waals surface area contributed by atoms with E-state index in [1.165, 1.54) is 0 Å². The predicted molar refractivity (Wildman–Crippen MR) is 50.3 cm³/mol. The SMILES string of the molecule is CC(C#N)C1=C/C=C\C=C/C=C\1. The monoisotopic (exact) mass is 157 g/mol. The third-order valence-electron chi connectivity index (χ3n) is 1.72. The van der Waals surface area contributed by atoms with Gasteiger partial charge in [0.25, 0.3) is 0 Å². The van der Waals surface area contributed by atoms with Gasteiger partial charge in [0, 0.05) is 0 Å². The highest BCUT2D eigenvalue weighted by molar-refractivity contribution is 5.34. The molecule has 1 atom stereocenters. The Labute approximate surface area is 73.0 Å². The third kappa shape index (κ3) is 2.25. The van der Waals surface area contributed by atoms with Gasteiger partial charge >= 0.3 is 0 Å². The van der Waals surface area contributed by atoms with Gasteiger partial charge in [0.2, 0.25) is 0 Å². The Balaban J connectivity index is 2.84. The van der Waals surface area contributed by atoms with Crippen molar-refractivity contribution in [1.29, 1.82) is 5.26 Å². The van der Waals surface area contributed by atoms with Crippen LogP contribution in [0.2, 0.25) is 0 Å². The van der Waals surface area contributed by atoms with Crippen LogP contribution in [0.3, 0.4) is 0 Å². The summed E-state index contributed by atoms with van der Waals surface area (Å²) in [6.07, 6.45) is 13.7. The average Bonchev–Trinajstić information content (AvgIpc) is 2.02. The number of allylic oxidation sites excluding steroid dienone is 8. The molecule has 0 aromatic rings. The van der Waals surface area contributed by atoms with Gasteiger partial charge in [-0.2, -0.15) is 5.26 Å². The smallest absolute Gasteiger partial charge is 0.0700 e. The standard InChI is InChI=1S/C11H11N/c1-10(9-12)11-7-5-3-2-4-6-8-11/h2-8,10H,1H3/b3-2-,4-2?,5-3?,6-4-,7-5-,8-6?,11-7?,11-8+. The molecule has 0 amide bonds. The number of rotatable bonds is 1. The lowest BCUT2D eigenvalue weighted by Gasteiger charge is -2.02. The lowest BCUT2D eigenvalue weighted by Crippen LogP contribution is -1.92. The normalized spacial score (nSPS) is 29.8. The first-order chi connectivity index (χ1) is 5.84. The van der Waals surface area contributed by atoms with Crippen molar-refractivity contribution in [2.75, 3.05) is 0 Å². The van der Waals surface area contributed by atoms with E-state index in [0.29, 0.717) is 0 Å². The molecule has 60 valence electrons. The molecule has 0 aromatic heterocycles. The highest BCUT2D eigenvalue weighted by Crippen LogP contribution is 2.12. The maximum Gasteiger partial charge on any atom is 0.0700 e. The first kappa shape index (κ1) is 8.55. The van der Waals surface area contributed by atoms with Crippen LogP contribution in [0.1, 0.15) is 6.92 Å². The first-order valence-electron chi connectivity index (χ1n) is 3.96. The number of nitriles is 1. The second kappa shape index (κ2) is 4.35. The zero-order valence-corrected chi connectivity index (χ0v) is 7.07. The molecule has 0 saturated heterocycles. The van der Waals surface area contributed by atoms with Gasteiger partial charge in [0.15, 0.2) is 0 Å². The maximum atomic E-state index is 8.68. The van der Waals surface area contributed by atoms with Crippen LogP contribution in [0.5, 0.6) is 0 Å². The van der Waals surface area contributed by atoms with Crippen LogP contribution < -0.4 is 0 Å². The largest absolute Gasteiger partial charge is 0.198 e. The van der Waals surface area contributed by atoms with Gasteiger partial charge in [0.1, 0.15) is 0 Å². The molecule has 0 heterocycles. The van der Waals surface area contributed by atoms with E-state index < -0.39 is 0 Å². The third-order valence-corrected chi connectivity index (χ3v) is 1.72. The Morgan fingerprint density at radius 3 is 2.58 bits per heavy atom. The highest BCUT2D eigenvalue weighted by Gasteiger charge is 2.02. The zero-order chi connectivity index (χ0) is 8.81. The van der Waals surface area contributed by atoms with Crippen molar-refractivity contribution in [3.8, 4) is 6.07 Å². The summed E-state index contributed by atoms with van der Waals surface area (Å²) in [6, 6.07) is 2.21. The van der Waals surface area contributed by atoms with E-state index in [1.54, 1.807) is 0 Å². The van der Waals surface area contributed by atoms with Gasteiger partial charge in [-0.15, -0.1) is 0 Å². The van der Waals surface area contributed by atoms with Crippen molar-refractivity contribution >= 4 is 0 Å². The van der Waals surface area contributed by atoms with Crippen LogP contribution in [0.25, 0.3) is 0 Å². The number of hydrogen-bond donors (Lipinski definition) is 0.